The lowest BCUT2D eigenvalue weighted by Crippen LogP contribution is -2.36. The first kappa shape index (κ1) is 18.6. The Kier molecular flexibility index (Phi) is 5.20. The predicted octanol–water partition coefficient (Wildman–Crippen LogP) is 3.36. The lowest BCUT2D eigenvalue weighted by atomic mass is 10.0. The summed E-state index contributed by atoms with van der Waals surface area (Å²) in [5.74, 6) is -0.380. The number of hydrogen-bond donors (Lipinski definition) is 2. The minimum atomic E-state index is -4.45. The Balaban J connectivity index is 2.27. The molecule has 0 saturated heterocycles. The van der Waals surface area contributed by atoms with Gasteiger partial charge in [0.05, 0.1) is 5.56 Å². The Morgan fingerprint density at radius 1 is 1.24 bits per heavy atom. The molecule has 0 aliphatic carbocycles. The molecule has 1 amide bonds. The third kappa shape index (κ3) is 4.40. The highest BCUT2D eigenvalue weighted by Gasteiger charge is 2.30. The summed E-state index contributed by atoms with van der Waals surface area (Å²) in [6, 6.07) is 5.43. The normalized spacial score (nSPS) is 12.6. The molecule has 0 spiro atoms. The van der Waals surface area contributed by atoms with Gasteiger partial charge in [0, 0.05) is 25.9 Å². The molecular formula is C17H18F3N3O2. The minimum Gasteiger partial charge on any atom is -0.504 e. The molecule has 25 heavy (non-hydrogen) atoms. The molecule has 2 N–H and O–H groups in total. The molecule has 1 aromatic heterocycles. The smallest absolute Gasteiger partial charge is 0.416 e. The van der Waals surface area contributed by atoms with Crippen LogP contribution in [0.1, 0.15) is 12.5 Å². The number of alkyl halides is 3. The molecule has 1 aromatic carbocycles. The fourth-order valence-corrected chi connectivity index (χ4v) is 2.25. The summed E-state index contributed by atoms with van der Waals surface area (Å²) in [4.78, 5) is 17.2. The van der Waals surface area contributed by atoms with E-state index in [1.165, 1.54) is 29.3 Å². The predicted molar refractivity (Wildman–Crippen MR) is 88.1 cm³/mol. The average molecular weight is 353 g/mol. The molecule has 0 radical (unpaired) electrons. The summed E-state index contributed by atoms with van der Waals surface area (Å²) in [6.45, 7) is 1.62. The van der Waals surface area contributed by atoms with Crippen LogP contribution in [0.5, 0.6) is 5.75 Å². The number of aromatic nitrogens is 1. The highest BCUT2D eigenvalue weighted by molar-refractivity contribution is 5.84. The minimum absolute atomic E-state index is 0.0819. The van der Waals surface area contributed by atoms with Crippen molar-refractivity contribution in [1.82, 2.24) is 9.88 Å². The van der Waals surface area contributed by atoms with Crippen LogP contribution in [0.4, 0.5) is 19.0 Å². The maximum absolute atomic E-state index is 12.8. The van der Waals surface area contributed by atoms with Gasteiger partial charge in [0.1, 0.15) is 6.04 Å². The van der Waals surface area contributed by atoms with Crippen molar-refractivity contribution >= 4 is 11.7 Å². The topological polar surface area (TPSA) is 65.5 Å². The monoisotopic (exact) mass is 353 g/mol. The van der Waals surface area contributed by atoms with Crippen LogP contribution in [0.25, 0.3) is 11.1 Å². The number of hydrogen-bond acceptors (Lipinski definition) is 4. The summed E-state index contributed by atoms with van der Waals surface area (Å²) >= 11 is 0. The number of carbonyl (C=O) groups is 1. The molecule has 2 aromatic rings. The number of benzene rings is 1. The van der Waals surface area contributed by atoms with Crippen molar-refractivity contribution in [2.75, 3.05) is 19.4 Å². The molecular weight excluding hydrogens is 335 g/mol. The molecule has 1 heterocycles. The van der Waals surface area contributed by atoms with Crippen LogP contribution in [0.2, 0.25) is 0 Å². The van der Waals surface area contributed by atoms with E-state index in [4.69, 9.17) is 0 Å². The van der Waals surface area contributed by atoms with E-state index in [-0.39, 0.29) is 23.0 Å². The summed E-state index contributed by atoms with van der Waals surface area (Å²) in [5.41, 5.74) is -0.167. The molecule has 0 fully saturated rings. The van der Waals surface area contributed by atoms with Crippen molar-refractivity contribution in [2.45, 2.75) is 19.1 Å². The molecule has 8 heteroatoms. The van der Waals surface area contributed by atoms with Crippen molar-refractivity contribution < 1.29 is 23.1 Å². The second-order valence-electron chi connectivity index (χ2n) is 5.77. The number of pyridine rings is 1. The molecule has 0 aliphatic rings. The first-order chi connectivity index (χ1) is 11.6. The van der Waals surface area contributed by atoms with Crippen LogP contribution in [-0.2, 0) is 11.0 Å². The molecule has 5 nitrogen and oxygen atoms in total. The van der Waals surface area contributed by atoms with Crippen LogP contribution in [-0.4, -0.2) is 41.0 Å². The summed E-state index contributed by atoms with van der Waals surface area (Å²) < 4.78 is 38.4. The Morgan fingerprint density at radius 3 is 2.48 bits per heavy atom. The zero-order chi connectivity index (χ0) is 18.8. The maximum atomic E-state index is 12.8. The molecule has 2 rings (SSSR count). The van der Waals surface area contributed by atoms with Gasteiger partial charge in [-0.2, -0.15) is 13.2 Å². The number of nitrogens with one attached hydrogen (secondary N) is 1. The molecule has 0 saturated carbocycles. The van der Waals surface area contributed by atoms with Gasteiger partial charge in [0.15, 0.2) is 11.6 Å². The van der Waals surface area contributed by atoms with Gasteiger partial charge in [0.2, 0.25) is 5.91 Å². The number of likely N-dealkylation sites (N-methyl/N-ethyl adjacent to an activating group) is 1. The number of anilines is 1. The third-order valence-electron chi connectivity index (χ3n) is 3.56. The number of amides is 1. The van der Waals surface area contributed by atoms with Gasteiger partial charge >= 0.3 is 6.18 Å². The number of carbonyl (C=O) groups excluding carboxylic acids is 1. The third-order valence-corrected chi connectivity index (χ3v) is 3.56. The Hall–Kier alpha value is -2.77. The lowest BCUT2D eigenvalue weighted by Gasteiger charge is -2.19. The lowest BCUT2D eigenvalue weighted by molar-refractivity contribution is -0.137. The first-order valence-corrected chi connectivity index (χ1v) is 7.44. The summed E-state index contributed by atoms with van der Waals surface area (Å²) in [6.07, 6.45) is -3.11. The highest BCUT2D eigenvalue weighted by atomic mass is 19.4. The summed E-state index contributed by atoms with van der Waals surface area (Å²) in [5, 5.41) is 12.9. The average Bonchev–Trinajstić information content (AvgIpc) is 2.55. The van der Waals surface area contributed by atoms with Gasteiger partial charge in [-0.3, -0.25) is 4.79 Å². The molecule has 1 unspecified atom stereocenters. The SMILES string of the molecule is CC(Nc1ncc(-c2cccc(C(F)(F)F)c2)cc1O)C(=O)N(C)C. The van der Waals surface area contributed by atoms with Gasteiger partial charge in [-0.15, -0.1) is 0 Å². The van der Waals surface area contributed by atoms with Gasteiger partial charge in [-0.05, 0) is 30.7 Å². The molecule has 0 bridgehead atoms. The van der Waals surface area contributed by atoms with Gasteiger partial charge in [-0.1, -0.05) is 12.1 Å². The molecule has 134 valence electrons. The van der Waals surface area contributed by atoms with Crippen molar-refractivity contribution in [3.63, 3.8) is 0 Å². The Morgan fingerprint density at radius 2 is 1.92 bits per heavy atom. The second kappa shape index (κ2) is 7.00. The number of rotatable bonds is 4. The Labute approximate surface area is 143 Å². The van der Waals surface area contributed by atoms with Crippen molar-refractivity contribution in [3.8, 4) is 16.9 Å². The van der Waals surface area contributed by atoms with E-state index in [9.17, 15) is 23.1 Å². The van der Waals surface area contributed by atoms with Gasteiger partial charge < -0.3 is 15.3 Å². The Bertz CT molecular complexity index is 776. The van der Waals surface area contributed by atoms with Crippen LogP contribution in [0.3, 0.4) is 0 Å². The zero-order valence-electron chi connectivity index (χ0n) is 13.9. The number of nitrogens with zero attached hydrogens (tertiary/aromatic N) is 2. The van der Waals surface area contributed by atoms with E-state index in [1.54, 1.807) is 21.0 Å². The largest absolute Gasteiger partial charge is 0.504 e. The van der Waals surface area contributed by atoms with Crippen LogP contribution < -0.4 is 5.32 Å². The second-order valence-corrected chi connectivity index (χ2v) is 5.77. The van der Waals surface area contributed by atoms with Crippen molar-refractivity contribution in [3.05, 3.63) is 42.1 Å². The van der Waals surface area contributed by atoms with Crippen LogP contribution >= 0.6 is 0 Å². The van der Waals surface area contributed by atoms with E-state index < -0.39 is 17.8 Å². The summed E-state index contributed by atoms with van der Waals surface area (Å²) in [7, 11) is 3.20. The fraction of sp³-hybridized carbons (Fsp3) is 0.294. The van der Waals surface area contributed by atoms with Crippen LogP contribution in [0, 0.1) is 0 Å². The number of halogens is 3. The maximum Gasteiger partial charge on any atom is 0.416 e. The highest BCUT2D eigenvalue weighted by Crippen LogP contribution is 2.33. The van der Waals surface area contributed by atoms with E-state index in [2.05, 4.69) is 10.3 Å². The van der Waals surface area contributed by atoms with Crippen LogP contribution in [0.15, 0.2) is 36.5 Å². The standard InChI is InChI=1S/C17H18F3N3O2/c1-10(16(25)23(2)3)22-15-14(24)8-12(9-21-15)11-5-4-6-13(7-11)17(18,19)20/h4-10,24H,1-3H3,(H,21,22). The van der Waals surface area contributed by atoms with Gasteiger partial charge in [0.25, 0.3) is 0 Å². The van der Waals surface area contributed by atoms with Gasteiger partial charge in [-0.25, -0.2) is 4.98 Å². The molecule has 0 aliphatic heterocycles. The zero-order valence-corrected chi connectivity index (χ0v) is 13.9. The van der Waals surface area contributed by atoms with E-state index >= 15 is 0 Å². The van der Waals surface area contributed by atoms with Crippen molar-refractivity contribution in [1.29, 1.82) is 0 Å². The first-order valence-electron chi connectivity index (χ1n) is 7.44. The van der Waals surface area contributed by atoms with Crippen molar-refractivity contribution in [2.24, 2.45) is 0 Å². The fourth-order valence-electron chi connectivity index (χ4n) is 2.25. The molecule has 1 atom stereocenters. The van der Waals surface area contributed by atoms with E-state index in [0.29, 0.717) is 5.56 Å². The number of aromatic hydroxyl groups is 1. The van der Waals surface area contributed by atoms with E-state index in [0.717, 1.165) is 12.1 Å². The van der Waals surface area contributed by atoms with E-state index in [1.807, 2.05) is 0 Å². The quantitative estimate of drug-likeness (QED) is 0.885.